The number of aromatic nitrogens is 2. The van der Waals surface area contributed by atoms with Crippen LogP contribution in [0.1, 0.15) is 23.3 Å². The summed E-state index contributed by atoms with van der Waals surface area (Å²) in [5.41, 5.74) is -0.489. The van der Waals surface area contributed by atoms with E-state index in [1.54, 1.807) is 12.1 Å². The van der Waals surface area contributed by atoms with Gasteiger partial charge in [0.05, 0.1) is 5.39 Å². The second kappa shape index (κ2) is 8.02. The third-order valence-electron chi connectivity index (χ3n) is 3.42. The van der Waals surface area contributed by atoms with Crippen molar-refractivity contribution in [2.75, 3.05) is 0 Å². The number of aryl methyl sites for hydroxylation is 1. The first-order valence-electron chi connectivity index (χ1n) is 7.02. The van der Waals surface area contributed by atoms with Crippen LogP contribution < -0.4 is 10.9 Å². The van der Waals surface area contributed by atoms with E-state index in [0.29, 0.717) is 5.39 Å². The lowest BCUT2D eigenvalue weighted by molar-refractivity contribution is -0.140. The molecule has 1 aromatic carbocycles. The average molecular weight is 351 g/mol. The van der Waals surface area contributed by atoms with Gasteiger partial charge < -0.3 is 21.0 Å². The molecule has 0 aliphatic heterocycles. The van der Waals surface area contributed by atoms with Crippen LogP contribution in [0.25, 0.3) is 10.8 Å². The number of carbonyl (C=O) groups is 3. The first-order chi connectivity index (χ1) is 11.3. The fraction of sp³-hybridized carbons (Fsp3) is 0.267. The van der Waals surface area contributed by atoms with E-state index in [1.165, 1.54) is 19.2 Å². The summed E-state index contributed by atoms with van der Waals surface area (Å²) in [5.74, 6) is -3.31. The Morgan fingerprint density at radius 1 is 1.20 bits per heavy atom. The number of hydrogen-bond acceptors (Lipinski definition) is 5. The molecule has 25 heavy (non-hydrogen) atoms. The maximum Gasteiger partial charge on any atom is 0.326 e. The van der Waals surface area contributed by atoms with Gasteiger partial charge in [0, 0.05) is 18.9 Å². The third-order valence-corrected chi connectivity index (χ3v) is 3.42. The molecule has 0 fully saturated rings. The van der Waals surface area contributed by atoms with E-state index in [2.05, 4.69) is 10.4 Å². The Kier molecular flexibility index (Phi) is 6.34. The second-order valence-electron chi connectivity index (χ2n) is 5.12. The molecule has 1 atom stereocenters. The molecular weight excluding hydrogens is 334 g/mol. The van der Waals surface area contributed by atoms with Crippen molar-refractivity contribution in [1.29, 1.82) is 0 Å². The summed E-state index contributed by atoms with van der Waals surface area (Å²) in [6, 6.07) is 4.96. The fourth-order valence-electron chi connectivity index (χ4n) is 2.22. The molecule has 0 saturated heterocycles. The van der Waals surface area contributed by atoms with Gasteiger partial charge in [-0.15, -0.1) is 0 Å². The van der Waals surface area contributed by atoms with Gasteiger partial charge in [-0.1, -0.05) is 18.2 Å². The lowest BCUT2D eigenvalue weighted by Gasteiger charge is -2.14. The van der Waals surface area contributed by atoms with E-state index in [9.17, 15) is 19.2 Å². The maximum atomic E-state index is 12.4. The number of amides is 1. The van der Waals surface area contributed by atoms with Crippen molar-refractivity contribution in [3.63, 3.8) is 0 Å². The smallest absolute Gasteiger partial charge is 0.326 e. The zero-order valence-corrected chi connectivity index (χ0v) is 13.2. The molecule has 1 unspecified atom stereocenters. The summed E-state index contributed by atoms with van der Waals surface area (Å²) >= 11 is 0. The van der Waals surface area contributed by atoms with Crippen molar-refractivity contribution in [3.05, 3.63) is 40.3 Å². The number of benzene rings is 1. The van der Waals surface area contributed by atoms with Crippen molar-refractivity contribution in [2.45, 2.75) is 18.9 Å². The molecule has 2 aromatic rings. The summed E-state index contributed by atoms with van der Waals surface area (Å²) < 4.78 is 0.990. The monoisotopic (exact) mass is 351 g/mol. The van der Waals surface area contributed by atoms with Gasteiger partial charge in [-0.25, -0.2) is 9.48 Å². The summed E-state index contributed by atoms with van der Waals surface area (Å²) in [4.78, 5) is 46.2. The number of fused-ring (bicyclic) bond motifs is 1. The van der Waals surface area contributed by atoms with Crippen molar-refractivity contribution in [2.24, 2.45) is 7.05 Å². The Morgan fingerprint density at radius 3 is 2.36 bits per heavy atom. The number of nitrogens with zero attached hydrogens (tertiary/aromatic N) is 2. The normalized spacial score (nSPS) is 11.4. The molecule has 0 bridgehead atoms. The van der Waals surface area contributed by atoms with Gasteiger partial charge in [0.1, 0.15) is 6.04 Å². The maximum absolute atomic E-state index is 12.4. The van der Waals surface area contributed by atoms with Crippen LogP contribution in [-0.2, 0) is 16.6 Å². The minimum absolute atomic E-state index is 0. The molecule has 10 nitrogen and oxygen atoms in total. The Bertz CT molecular complexity index is 875. The molecular formula is C15H17N3O7. The van der Waals surface area contributed by atoms with E-state index in [4.69, 9.17) is 10.2 Å². The molecule has 0 aliphatic carbocycles. The molecule has 134 valence electrons. The summed E-state index contributed by atoms with van der Waals surface area (Å²) in [5, 5.41) is 24.5. The topological polar surface area (TPSA) is 170 Å². The highest BCUT2D eigenvalue weighted by atomic mass is 16.4. The van der Waals surface area contributed by atoms with Gasteiger partial charge in [-0.3, -0.25) is 14.4 Å². The van der Waals surface area contributed by atoms with E-state index in [-0.39, 0.29) is 28.5 Å². The van der Waals surface area contributed by atoms with Crippen molar-refractivity contribution in [1.82, 2.24) is 15.1 Å². The number of aliphatic carboxylic acids is 2. The minimum Gasteiger partial charge on any atom is -0.481 e. The molecule has 0 radical (unpaired) electrons. The Hall–Kier alpha value is -3.27. The highest BCUT2D eigenvalue weighted by Gasteiger charge is 2.24. The van der Waals surface area contributed by atoms with Crippen molar-refractivity contribution < 1.29 is 30.1 Å². The zero-order chi connectivity index (χ0) is 17.9. The van der Waals surface area contributed by atoms with Gasteiger partial charge in [-0.2, -0.15) is 5.10 Å². The largest absolute Gasteiger partial charge is 0.481 e. The molecule has 2 rings (SSSR count). The van der Waals surface area contributed by atoms with Gasteiger partial charge >= 0.3 is 11.9 Å². The molecule has 1 amide bonds. The van der Waals surface area contributed by atoms with E-state index in [0.717, 1.165) is 4.68 Å². The van der Waals surface area contributed by atoms with Crippen LogP contribution >= 0.6 is 0 Å². The van der Waals surface area contributed by atoms with Crippen molar-refractivity contribution in [3.8, 4) is 0 Å². The molecule has 0 spiro atoms. The summed E-state index contributed by atoms with van der Waals surface area (Å²) in [6.45, 7) is 0. The van der Waals surface area contributed by atoms with Crippen LogP contribution in [0.5, 0.6) is 0 Å². The number of nitrogens with one attached hydrogen (secondary N) is 1. The van der Waals surface area contributed by atoms with Gasteiger partial charge in [-0.05, 0) is 12.5 Å². The summed E-state index contributed by atoms with van der Waals surface area (Å²) in [7, 11) is 1.38. The van der Waals surface area contributed by atoms with Crippen LogP contribution in [0.15, 0.2) is 29.1 Å². The van der Waals surface area contributed by atoms with E-state index in [1.807, 2.05) is 0 Å². The minimum atomic E-state index is -1.37. The van der Waals surface area contributed by atoms with Gasteiger partial charge in [0.25, 0.3) is 11.5 Å². The van der Waals surface area contributed by atoms with E-state index >= 15 is 0 Å². The van der Waals surface area contributed by atoms with E-state index < -0.39 is 30.3 Å². The van der Waals surface area contributed by atoms with Gasteiger partial charge in [0.2, 0.25) is 0 Å². The number of rotatable bonds is 6. The lowest BCUT2D eigenvalue weighted by atomic mass is 10.1. The highest BCUT2D eigenvalue weighted by molar-refractivity contribution is 6.05. The van der Waals surface area contributed by atoms with Crippen LogP contribution in [0.3, 0.4) is 0 Å². The van der Waals surface area contributed by atoms with Crippen LogP contribution in [-0.4, -0.2) is 49.4 Å². The Labute approximate surface area is 141 Å². The number of carboxylic acid groups (broad SMARTS) is 2. The van der Waals surface area contributed by atoms with Gasteiger partial charge in [0.15, 0.2) is 5.69 Å². The number of carboxylic acids is 2. The van der Waals surface area contributed by atoms with Crippen molar-refractivity contribution >= 4 is 28.6 Å². The number of hydrogen-bond donors (Lipinski definition) is 3. The van der Waals surface area contributed by atoms with Crippen LogP contribution in [0.4, 0.5) is 0 Å². The first kappa shape index (κ1) is 19.8. The molecule has 10 heteroatoms. The SMILES string of the molecule is Cn1nc(C(=O)NC(CCC(=O)O)C(=O)O)c2ccccc2c1=O.O. The Morgan fingerprint density at radius 2 is 1.80 bits per heavy atom. The molecule has 0 aliphatic rings. The second-order valence-corrected chi connectivity index (χ2v) is 5.12. The molecule has 0 saturated carbocycles. The summed E-state index contributed by atoms with van der Waals surface area (Å²) in [6.07, 6.45) is -0.668. The zero-order valence-electron chi connectivity index (χ0n) is 13.2. The predicted octanol–water partition coefficient (Wildman–Crippen LogP) is -0.843. The standard InChI is InChI=1S/C15H15N3O6.H2O/c1-18-14(22)9-5-3-2-4-8(9)12(17-18)13(21)16-10(15(23)24)6-7-11(19)20;/h2-5,10H,6-7H2,1H3,(H,16,21)(H,19,20)(H,23,24);1H2. The third kappa shape index (κ3) is 4.38. The molecule has 5 N–H and O–H groups in total. The quantitative estimate of drug-likeness (QED) is 0.608. The first-order valence-corrected chi connectivity index (χ1v) is 7.02. The predicted molar refractivity (Wildman–Crippen MR) is 86.4 cm³/mol. The average Bonchev–Trinajstić information content (AvgIpc) is 2.54. The molecule has 1 aromatic heterocycles. The molecule has 1 heterocycles. The number of carbonyl (C=O) groups excluding carboxylic acids is 1. The van der Waals surface area contributed by atoms with Crippen LogP contribution in [0, 0.1) is 0 Å². The highest BCUT2D eigenvalue weighted by Crippen LogP contribution is 2.13. The Balaban J connectivity index is 0.00000312. The fourth-order valence-corrected chi connectivity index (χ4v) is 2.22. The van der Waals surface area contributed by atoms with Crippen LogP contribution in [0.2, 0.25) is 0 Å². The lowest BCUT2D eigenvalue weighted by Crippen LogP contribution is -2.42.